The van der Waals surface area contributed by atoms with E-state index >= 15 is 0 Å². The van der Waals surface area contributed by atoms with Crippen LogP contribution in [-0.2, 0) is 17.3 Å². The number of aromatic nitrogens is 1. The summed E-state index contributed by atoms with van der Waals surface area (Å²) in [5.74, 6) is 0.501. The smallest absolute Gasteiger partial charge is 0.385 e. The first-order valence-corrected chi connectivity index (χ1v) is 15.8. The molecule has 1 aromatic heterocycles. The zero-order chi connectivity index (χ0) is 32.4. The molecule has 0 spiro atoms. The predicted molar refractivity (Wildman–Crippen MR) is 180 cm³/mol. The van der Waals surface area contributed by atoms with E-state index in [-0.39, 0.29) is 11.5 Å². The number of hydrogen-bond donors (Lipinski definition) is 1. The van der Waals surface area contributed by atoms with Crippen LogP contribution in [0.1, 0.15) is 67.2 Å². The van der Waals surface area contributed by atoms with Crippen molar-refractivity contribution in [1.82, 2.24) is 9.88 Å². The van der Waals surface area contributed by atoms with Gasteiger partial charge in [-0.25, -0.2) is 4.98 Å². The molecule has 4 rings (SSSR count). The Morgan fingerprint density at radius 3 is 2.47 bits per heavy atom. The van der Waals surface area contributed by atoms with Crippen molar-refractivity contribution >= 4 is 17.1 Å². The number of methoxy groups -OCH3 is 1. The van der Waals surface area contributed by atoms with Gasteiger partial charge in [-0.2, -0.15) is 13.2 Å². The monoisotopic (exact) mass is 617 g/mol. The molecular formula is C38H46F3N3O. The summed E-state index contributed by atoms with van der Waals surface area (Å²) in [4.78, 5) is 6.52. The average Bonchev–Trinajstić information content (AvgIpc) is 3.25. The van der Waals surface area contributed by atoms with E-state index in [4.69, 9.17) is 4.74 Å². The molecule has 2 unspecified atom stereocenters. The van der Waals surface area contributed by atoms with Crippen molar-refractivity contribution in [2.24, 2.45) is 5.92 Å². The fourth-order valence-corrected chi connectivity index (χ4v) is 6.14. The van der Waals surface area contributed by atoms with Crippen LogP contribution in [0.15, 0.2) is 97.2 Å². The standard InChI is InChI=1S/C38H46F3N3O/c1-6-30(31-13-10-20-44(4)21-18-31)24-27(2)23-29-14-16-33(17-15-29)43-37-25-35(36(26-42-37)38(39,40)41)28(3)34(19-22-45-5)32-11-8-7-9-12-32/h7-9,11-17,25-26,30,34H,2-3,6,10,18-24H2,1,4-5H3,(H,42,43). The van der Waals surface area contributed by atoms with Crippen molar-refractivity contribution in [3.63, 3.8) is 0 Å². The second-order valence-corrected chi connectivity index (χ2v) is 12.1. The summed E-state index contributed by atoms with van der Waals surface area (Å²) in [7, 11) is 3.77. The third-order valence-electron chi connectivity index (χ3n) is 8.72. The summed E-state index contributed by atoms with van der Waals surface area (Å²) < 4.78 is 47.7. The van der Waals surface area contributed by atoms with Crippen LogP contribution in [-0.4, -0.2) is 43.7 Å². The fraction of sp³-hybridized carbons (Fsp3) is 0.395. The molecule has 2 atom stereocenters. The van der Waals surface area contributed by atoms with E-state index in [9.17, 15) is 13.2 Å². The lowest BCUT2D eigenvalue weighted by Gasteiger charge is -2.23. The van der Waals surface area contributed by atoms with Crippen LogP contribution >= 0.6 is 0 Å². The maximum absolute atomic E-state index is 14.1. The molecule has 0 amide bonds. The zero-order valence-corrected chi connectivity index (χ0v) is 26.8. The molecule has 3 aromatic rings. The van der Waals surface area contributed by atoms with Crippen molar-refractivity contribution in [3.05, 3.63) is 119 Å². The van der Waals surface area contributed by atoms with Crippen LogP contribution < -0.4 is 5.32 Å². The van der Waals surface area contributed by atoms with Gasteiger partial charge in [0, 0.05) is 44.6 Å². The van der Waals surface area contributed by atoms with Crippen molar-refractivity contribution < 1.29 is 17.9 Å². The Kier molecular flexibility index (Phi) is 12.2. The zero-order valence-electron chi connectivity index (χ0n) is 26.8. The van der Waals surface area contributed by atoms with Gasteiger partial charge >= 0.3 is 6.18 Å². The summed E-state index contributed by atoms with van der Waals surface area (Å²) in [6.45, 7) is 13.4. The highest BCUT2D eigenvalue weighted by Gasteiger charge is 2.36. The Bertz CT molecular complexity index is 1450. The number of ether oxygens (including phenoxy) is 1. The summed E-state index contributed by atoms with van der Waals surface area (Å²) >= 11 is 0. The van der Waals surface area contributed by atoms with Crippen molar-refractivity contribution in [1.29, 1.82) is 0 Å². The van der Waals surface area contributed by atoms with E-state index in [1.807, 2.05) is 54.6 Å². The minimum Gasteiger partial charge on any atom is -0.385 e. The number of hydrogen-bond acceptors (Lipinski definition) is 4. The molecule has 240 valence electrons. The molecule has 7 heteroatoms. The molecule has 1 N–H and O–H groups in total. The number of halogens is 3. The number of benzene rings is 2. The van der Waals surface area contributed by atoms with Gasteiger partial charge in [-0.05, 0) is 92.0 Å². The quantitative estimate of drug-likeness (QED) is 0.183. The van der Waals surface area contributed by atoms with Crippen molar-refractivity contribution in [2.45, 2.75) is 57.5 Å². The third-order valence-corrected chi connectivity index (χ3v) is 8.72. The van der Waals surface area contributed by atoms with Crippen LogP contribution in [0.3, 0.4) is 0 Å². The lowest BCUT2D eigenvalue weighted by molar-refractivity contribution is -0.138. The number of nitrogens with one attached hydrogen (secondary N) is 1. The van der Waals surface area contributed by atoms with Gasteiger partial charge in [0.05, 0.1) is 5.56 Å². The second-order valence-electron chi connectivity index (χ2n) is 12.1. The number of nitrogens with zero attached hydrogens (tertiary/aromatic N) is 2. The fourth-order valence-electron chi connectivity index (χ4n) is 6.14. The minimum absolute atomic E-state index is 0.0267. The van der Waals surface area contributed by atoms with Crippen molar-refractivity contribution in [3.8, 4) is 0 Å². The Balaban J connectivity index is 1.47. The summed E-state index contributed by atoms with van der Waals surface area (Å²) in [6.07, 6.45) is 4.35. The molecule has 1 aliphatic heterocycles. The van der Waals surface area contributed by atoms with Gasteiger partial charge in [-0.15, -0.1) is 0 Å². The maximum Gasteiger partial charge on any atom is 0.418 e. The lowest BCUT2D eigenvalue weighted by atomic mass is 9.84. The lowest BCUT2D eigenvalue weighted by Crippen LogP contribution is -2.19. The van der Waals surface area contributed by atoms with E-state index in [1.54, 1.807) is 12.7 Å². The molecule has 2 aromatic carbocycles. The highest BCUT2D eigenvalue weighted by molar-refractivity contribution is 5.75. The van der Waals surface area contributed by atoms with Gasteiger partial charge in [0.15, 0.2) is 0 Å². The molecule has 0 saturated heterocycles. The van der Waals surface area contributed by atoms with E-state index in [1.165, 1.54) is 11.6 Å². The third kappa shape index (κ3) is 9.65. The topological polar surface area (TPSA) is 37.4 Å². The molecule has 0 saturated carbocycles. The highest BCUT2D eigenvalue weighted by Crippen LogP contribution is 2.41. The maximum atomic E-state index is 14.1. The summed E-state index contributed by atoms with van der Waals surface area (Å²) in [5, 5.41) is 3.20. The molecular weight excluding hydrogens is 571 g/mol. The predicted octanol–water partition coefficient (Wildman–Crippen LogP) is 9.84. The Morgan fingerprint density at radius 1 is 1.07 bits per heavy atom. The highest BCUT2D eigenvalue weighted by atomic mass is 19.4. The van der Waals surface area contributed by atoms with Gasteiger partial charge in [0.25, 0.3) is 0 Å². The molecule has 0 radical (unpaired) electrons. The molecule has 2 heterocycles. The Hall–Kier alpha value is -3.68. The summed E-state index contributed by atoms with van der Waals surface area (Å²) in [5.41, 5.74) is 5.14. The largest absolute Gasteiger partial charge is 0.418 e. The number of alkyl halides is 3. The number of allylic oxidation sites excluding steroid dienone is 2. The minimum atomic E-state index is -4.57. The van der Waals surface area contributed by atoms with E-state index < -0.39 is 11.7 Å². The van der Waals surface area contributed by atoms with E-state index in [0.717, 1.165) is 68.2 Å². The van der Waals surface area contributed by atoms with Gasteiger partial charge < -0.3 is 15.0 Å². The van der Waals surface area contributed by atoms with E-state index in [2.05, 4.69) is 48.4 Å². The van der Waals surface area contributed by atoms with E-state index in [0.29, 0.717) is 30.3 Å². The first-order chi connectivity index (χ1) is 21.6. The molecule has 45 heavy (non-hydrogen) atoms. The Morgan fingerprint density at radius 2 is 1.80 bits per heavy atom. The number of anilines is 2. The number of rotatable bonds is 14. The molecule has 0 bridgehead atoms. The first-order valence-electron chi connectivity index (χ1n) is 15.8. The normalized spacial score (nSPS) is 15.6. The average molecular weight is 618 g/mol. The molecule has 4 nitrogen and oxygen atoms in total. The Labute approximate surface area is 266 Å². The van der Waals surface area contributed by atoms with Crippen molar-refractivity contribution in [2.75, 3.05) is 39.2 Å². The summed E-state index contributed by atoms with van der Waals surface area (Å²) in [6, 6.07) is 18.8. The van der Waals surface area contributed by atoms with Gasteiger partial charge in [-0.3, -0.25) is 0 Å². The van der Waals surface area contributed by atoms with Crippen LogP contribution in [0.5, 0.6) is 0 Å². The number of pyridine rings is 1. The van der Waals surface area contributed by atoms with Crippen LogP contribution in [0.25, 0.3) is 5.57 Å². The van der Waals surface area contributed by atoms with Gasteiger partial charge in [0.2, 0.25) is 0 Å². The van der Waals surface area contributed by atoms with Crippen LogP contribution in [0, 0.1) is 5.92 Å². The van der Waals surface area contributed by atoms with Crippen LogP contribution in [0.2, 0.25) is 0 Å². The van der Waals surface area contributed by atoms with Gasteiger partial charge in [0.1, 0.15) is 5.82 Å². The SMILES string of the molecule is C=C(Cc1ccc(Nc2cc(C(=C)C(CCOC)c3ccccc3)c(C(F)(F)F)cn2)cc1)CC(CC)C1=CCCN(C)CC1. The molecule has 1 aliphatic rings. The second kappa shape index (κ2) is 16.1. The first kappa shape index (κ1) is 34.2. The van der Waals surface area contributed by atoms with Crippen LogP contribution in [0.4, 0.5) is 24.7 Å². The molecule has 0 aliphatic carbocycles. The molecule has 0 fully saturated rings. The van der Waals surface area contributed by atoms with Gasteiger partial charge in [-0.1, -0.05) is 79.8 Å².